The zero-order valence-electron chi connectivity index (χ0n) is 3.74. The van der Waals surface area contributed by atoms with Crippen molar-refractivity contribution in [3.05, 3.63) is 0 Å². The Labute approximate surface area is 48.5 Å². The molecule has 1 rings (SSSR count). The van der Waals surface area contributed by atoms with Gasteiger partial charge in [-0.2, -0.15) is 0 Å². The maximum atomic E-state index is 4.12. The first-order chi connectivity index (χ1) is 2.93. The Kier molecular flexibility index (Phi) is 1.45. The van der Waals surface area contributed by atoms with Crippen molar-refractivity contribution in [2.45, 2.75) is 19.8 Å². The minimum absolute atomic E-state index is 0.309. The minimum atomic E-state index is 0.309. The molecular weight excluding hydrogens is 189 g/mol. The molecule has 1 nitrogen and oxygen atoms in total. The van der Waals surface area contributed by atoms with E-state index in [1.165, 1.54) is 16.6 Å². The van der Waals surface area contributed by atoms with Gasteiger partial charge in [0.25, 0.3) is 0 Å². The third-order valence-electron chi connectivity index (χ3n) is 0.660. The first kappa shape index (κ1) is 4.56. The van der Waals surface area contributed by atoms with E-state index in [2.05, 4.69) is 10.1 Å². The van der Waals surface area contributed by atoms with Crippen LogP contribution in [0.3, 0.4) is 0 Å². The van der Waals surface area contributed by atoms with Crippen molar-refractivity contribution < 1.29 is 21.5 Å². The van der Waals surface area contributed by atoms with Gasteiger partial charge in [0.2, 0.25) is 0 Å². The van der Waals surface area contributed by atoms with Crippen LogP contribution in [0.25, 0.3) is 0 Å². The molecule has 1 aliphatic rings. The van der Waals surface area contributed by atoms with Gasteiger partial charge in [0, 0.05) is 0 Å². The molecule has 0 saturated carbocycles. The first-order valence-corrected chi connectivity index (χ1v) is 4.19. The zero-order valence-corrected chi connectivity index (χ0v) is 5.90. The summed E-state index contributed by atoms with van der Waals surface area (Å²) in [6.07, 6.45) is 2.58. The normalized spacial score (nSPS) is 18.5. The van der Waals surface area contributed by atoms with Gasteiger partial charge in [-0.05, 0) is 0 Å². The predicted octanol–water partition coefficient (Wildman–Crippen LogP) is -1.80. The van der Waals surface area contributed by atoms with Gasteiger partial charge in [0.15, 0.2) is 0 Å². The molecule has 0 fully saturated rings. The molecule has 1 heterocycles. The van der Waals surface area contributed by atoms with Crippen molar-refractivity contribution >= 4 is 3.72 Å². The predicted molar refractivity (Wildman–Crippen MR) is 22.3 cm³/mol. The molecule has 0 saturated heterocycles. The SMILES string of the molecule is CCCC1=N[I-]1. The topological polar surface area (TPSA) is 12.4 Å². The van der Waals surface area contributed by atoms with Crippen LogP contribution in [-0.4, -0.2) is 3.72 Å². The van der Waals surface area contributed by atoms with Crippen LogP contribution in [0.5, 0.6) is 0 Å². The van der Waals surface area contributed by atoms with Crippen molar-refractivity contribution in [3.8, 4) is 0 Å². The summed E-state index contributed by atoms with van der Waals surface area (Å²) in [7, 11) is 0. The van der Waals surface area contributed by atoms with Crippen LogP contribution < -0.4 is 21.5 Å². The zero-order chi connectivity index (χ0) is 4.41. The Bertz CT molecular complexity index is 77.6. The van der Waals surface area contributed by atoms with Gasteiger partial charge in [-0.15, -0.1) is 0 Å². The van der Waals surface area contributed by atoms with E-state index in [0.29, 0.717) is 21.5 Å². The van der Waals surface area contributed by atoms with Gasteiger partial charge in [0.1, 0.15) is 0 Å². The van der Waals surface area contributed by atoms with E-state index in [-0.39, 0.29) is 0 Å². The van der Waals surface area contributed by atoms with Crippen molar-refractivity contribution in [1.82, 2.24) is 0 Å². The second-order valence-corrected chi connectivity index (χ2v) is 3.51. The third kappa shape index (κ3) is 1.24. The number of hydrogen-bond acceptors (Lipinski definition) is 1. The summed E-state index contributed by atoms with van der Waals surface area (Å²) >= 11 is 0.309. The van der Waals surface area contributed by atoms with Gasteiger partial charge in [0.05, 0.1) is 0 Å². The van der Waals surface area contributed by atoms with Crippen molar-refractivity contribution in [3.63, 3.8) is 0 Å². The number of rotatable bonds is 2. The molecule has 0 aromatic heterocycles. The van der Waals surface area contributed by atoms with Crippen molar-refractivity contribution in [1.29, 1.82) is 0 Å². The molecule has 0 amide bonds. The van der Waals surface area contributed by atoms with E-state index >= 15 is 0 Å². The molecule has 6 heavy (non-hydrogen) atoms. The molecule has 0 N–H and O–H groups in total. The molecule has 36 valence electrons. The second-order valence-electron chi connectivity index (χ2n) is 1.30. The van der Waals surface area contributed by atoms with Crippen LogP contribution in [0.1, 0.15) is 19.8 Å². The van der Waals surface area contributed by atoms with Gasteiger partial charge in [-0.25, -0.2) is 0 Å². The molecule has 0 aromatic rings. The monoisotopic (exact) mass is 196 g/mol. The van der Waals surface area contributed by atoms with Crippen molar-refractivity contribution in [2.24, 2.45) is 3.21 Å². The average molecular weight is 196 g/mol. The molecular formula is C4H7IN-. The molecule has 0 spiro atoms. The summed E-state index contributed by atoms with van der Waals surface area (Å²) < 4.78 is 5.64. The average Bonchev–Trinajstić information content (AvgIpc) is 2.21. The molecule has 2 heteroatoms. The van der Waals surface area contributed by atoms with Gasteiger partial charge in [-0.3, -0.25) is 0 Å². The Morgan fingerprint density at radius 1 is 1.83 bits per heavy atom. The molecule has 1 aliphatic heterocycles. The fourth-order valence-corrected chi connectivity index (χ4v) is 1.51. The number of nitrogens with zero attached hydrogens (tertiary/aromatic N) is 1. The second kappa shape index (κ2) is 1.91. The summed E-state index contributed by atoms with van der Waals surface area (Å²) in [5.41, 5.74) is 0. The Morgan fingerprint density at radius 2 is 2.50 bits per heavy atom. The molecule has 0 aliphatic carbocycles. The molecule has 0 bridgehead atoms. The van der Waals surface area contributed by atoms with Crippen molar-refractivity contribution in [2.75, 3.05) is 0 Å². The molecule has 0 radical (unpaired) electrons. The van der Waals surface area contributed by atoms with Crippen LogP contribution in [0.4, 0.5) is 0 Å². The van der Waals surface area contributed by atoms with Crippen LogP contribution in [-0.2, 0) is 0 Å². The van der Waals surface area contributed by atoms with E-state index < -0.39 is 0 Å². The van der Waals surface area contributed by atoms with E-state index in [0.717, 1.165) is 0 Å². The summed E-state index contributed by atoms with van der Waals surface area (Å²) in [6, 6.07) is 0. The summed E-state index contributed by atoms with van der Waals surface area (Å²) in [6.45, 7) is 2.20. The third-order valence-corrected chi connectivity index (χ3v) is 2.36. The van der Waals surface area contributed by atoms with Crippen LogP contribution in [0, 0.1) is 0 Å². The number of hydrogen-bond donors (Lipinski definition) is 0. The van der Waals surface area contributed by atoms with E-state index in [1.54, 1.807) is 0 Å². The molecule has 0 aromatic carbocycles. The Hall–Kier alpha value is 0.400. The van der Waals surface area contributed by atoms with Crippen LogP contribution >= 0.6 is 0 Å². The van der Waals surface area contributed by atoms with Gasteiger partial charge >= 0.3 is 48.2 Å². The van der Waals surface area contributed by atoms with Gasteiger partial charge < -0.3 is 0 Å². The van der Waals surface area contributed by atoms with E-state index in [9.17, 15) is 0 Å². The summed E-state index contributed by atoms with van der Waals surface area (Å²) in [5.74, 6) is 0. The Balaban J connectivity index is 2.02. The standard InChI is InChI=1S/C4H7IN/c1-2-3-4-5-6-4/h2-3H2,1H3/q-1. The Morgan fingerprint density at radius 3 is 2.67 bits per heavy atom. The summed E-state index contributed by atoms with van der Waals surface area (Å²) in [5, 5.41) is 0. The fourth-order valence-electron chi connectivity index (χ4n) is 0.321. The summed E-state index contributed by atoms with van der Waals surface area (Å²) in [4.78, 5) is 0. The quantitative estimate of drug-likeness (QED) is 0.462. The number of halogens is 1. The maximum absolute atomic E-state index is 4.12. The molecule has 0 atom stereocenters. The first-order valence-electron chi connectivity index (χ1n) is 2.14. The van der Waals surface area contributed by atoms with Crippen LogP contribution in [0.15, 0.2) is 3.21 Å². The molecule has 0 unspecified atom stereocenters. The van der Waals surface area contributed by atoms with E-state index in [1.807, 2.05) is 0 Å². The van der Waals surface area contributed by atoms with E-state index in [4.69, 9.17) is 0 Å². The fraction of sp³-hybridized carbons (Fsp3) is 0.750. The van der Waals surface area contributed by atoms with Crippen LogP contribution in [0.2, 0.25) is 0 Å². The van der Waals surface area contributed by atoms with Gasteiger partial charge in [-0.1, -0.05) is 0 Å².